The Labute approximate surface area is 198 Å². The lowest BCUT2D eigenvalue weighted by Crippen LogP contribution is -2.09. The molecule has 0 atom stereocenters. The number of ether oxygens (including phenoxy) is 1. The Morgan fingerprint density at radius 3 is 2.42 bits per heavy atom. The van der Waals surface area contributed by atoms with E-state index in [2.05, 4.69) is 29.6 Å². The molecule has 0 radical (unpaired) electrons. The minimum absolute atomic E-state index is 0.0646. The second-order valence-electron chi connectivity index (χ2n) is 7.54. The molecule has 0 aliphatic rings. The van der Waals surface area contributed by atoms with E-state index in [4.69, 9.17) is 21.4 Å². The van der Waals surface area contributed by atoms with Crippen molar-refractivity contribution in [2.45, 2.75) is 25.7 Å². The second kappa shape index (κ2) is 12.5. The summed E-state index contributed by atoms with van der Waals surface area (Å²) in [6, 6.07) is 22.3. The first kappa shape index (κ1) is 24.1. The monoisotopic (exact) mass is 463 g/mol. The minimum Gasteiger partial charge on any atom is -0.494 e. The number of carboxylic acid groups (broad SMARTS) is 1. The number of halogens is 1. The predicted molar refractivity (Wildman–Crippen MR) is 132 cm³/mol. The van der Waals surface area contributed by atoms with Crippen molar-refractivity contribution in [1.29, 1.82) is 0 Å². The van der Waals surface area contributed by atoms with Gasteiger partial charge in [-0.2, -0.15) is 0 Å². The molecule has 0 aromatic heterocycles. The lowest BCUT2D eigenvalue weighted by Gasteiger charge is -2.07. The summed E-state index contributed by atoms with van der Waals surface area (Å²) in [6.45, 7) is 0.672. The molecule has 0 bridgehead atoms. The molecular weight excluding hydrogens is 438 g/mol. The summed E-state index contributed by atoms with van der Waals surface area (Å²) in [7, 11) is 0. The molecule has 0 saturated heterocycles. The van der Waals surface area contributed by atoms with E-state index in [9.17, 15) is 9.59 Å². The molecule has 0 heterocycles. The van der Waals surface area contributed by atoms with Gasteiger partial charge in [-0.15, -0.1) is 0 Å². The number of carboxylic acids is 1. The Balaban J connectivity index is 1.39. The van der Waals surface area contributed by atoms with Crippen LogP contribution < -0.4 is 10.1 Å². The largest absolute Gasteiger partial charge is 0.494 e. The van der Waals surface area contributed by atoms with Crippen LogP contribution in [0.5, 0.6) is 5.75 Å². The van der Waals surface area contributed by atoms with Crippen LogP contribution in [0.4, 0.5) is 5.69 Å². The minimum atomic E-state index is -1.15. The summed E-state index contributed by atoms with van der Waals surface area (Å²) in [5, 5.41) is 11.9. The molecular formula is C27H26ClNO4. The quantitative estimate of drug-likeness (QED) is 0.252. The molecule has 6 heteroatoms. The third-order valence-corrected chi connectivity index (χ3v) is 5.32. The zero-order chi connectivity index (χ0) is 23.5. The zero-order valence-corrected chi connectivity index (χ0v) is 18.9. The number of aromatic carboxylic acids is 1. The fraction of sp³-hybridized carbons (Fsp3) is 0.185. The Kier molecular flexibility index (Phi) is 9.09. The van der Waals surface area contributed by atoms with Crippen LogP contribution in [0.2, 0.25) is 5.02 Å². The van der Waals surface area contributed by atoms with Crippen molar-refractivity contribution < 1.29 is 19.4 Å². The number of rotatable bonds is 11. The third kappa shape index (κ3) is 8.13. The van der Waals surface area contributed by atoms with Crippen LogP contribution in [0, 0.1) is 0 Å². The standard InChI is InChI=1S/C27H26ClNO4/c28-25-16-13-22(19-24(25)27(31)32)29-26(30)17-12-21-10-14-23(15-11-21)33-18-6-2-5-9-20-7-3-1-4-8-20/h1,3-4,7-8,10-17,19H,2,5-6,9,18H2,(H,29,30)(H,31,32)/b17-12+. The van der Waals surface area contributed by atoms with Crippen LogP contribution >= 0.6 is 11.6 Å². The van der Waals surface area contributed by atoms with Gasteiger partial charge in [-0.3, -0.25) is 4.79 Å². The number of hydrogen-bond acceptors (Lipinski definition) is 3. The van der Waals surface area contributed by atoms with Crippen LogP contribution in [0.1, 0.15) is 40.7 Å². The fourth-order valence-corrected chi connectivity index (χ4v) is 3.44. The van der Waals surface area contributed by atoms with E-state index in [0.717, 1.165) is 37.0 Å². The number of benzene rings is 3. The summed E-state index contributed by atoms with van der Waals surface area (Å²) < 4.78 is 5.80. The van der Waals surface area contributed by atoms with E-state index in [1.807, 2.05) is 30.3 Å². The van der Waals surface area contributed by atoms with Gasteiger partial charge in [0, 0.05) is 11.8 Å². The van der Waals surface area contributed by atoms with Gasteiger partial charge in [0.05, 0.1) is 17.2 Å². The van der Waals surface area contributed by atoms with Gasteiger partial charge in [0.1, 0.15) is 5.75 Å². The number of unbranched alkanes of at least 4 members (excludes halogenated alkanes) is 2. The number of hydrogen-bond donors (Lipinski definition) is 2. The van der Waals surface area contributed by atoms with Crippen LogP contribution in [-0.4, -0.2) is 23.6 Å². The van der Waals surface area contributed by atoms with Gasteiger partial charge in [0.25, 0.3) is 0 Å². The number of anilines is 1. The summed E-state index contributed by atoms with van der Waals surface area (Å²) in [5.41, 5.74) is 2.51. The van der Waals surface area contributed by atoms with E-state index in [1.165, 1.54) is 23.8 Å². The zero-order valence-electron chi connectivity index (χ0n) is 18.2. The van der Waals surface area contributed by atoms with Crippen molar-refractivity contribution in [1.82, 2.24) is 0 Å². The van der Waals surface area contributed by atoms with Gasteiger partial charge in [-0.1, -0.05) is 54.1 Å². The Bertz CT molecular complexity index is 1090. The average molecular weight is 464 g/mol. The number of amides is 1. The molecule has 3 aromatic carbocycles. The first-order valence-corrected chi connectivity index (χ1v) is 11.2. The normalized spacial score (nSPS) is 10.8. The molecule has 1 amide bonds. The molecule has 0 saturated carbocycles. The number of carbonyl (C=O) groups excluding carboxylic acids is 1. The van der Waals surface area contributed by atoms with Crippen LogP contribution in [0.3, 0.4) is 0 Å². The summed E-state index contributed by atoms with van der Waals surface area (Å²) >= 11 is 5.84. The highest BCUT2D eigenvalue weighted by molar-refractivity contribution is 6.33. The maximum Gasteiger partial charge on any atom is 0.337 e. The maximum absolute atomic E-state index is 12.1. The van der Waals surface area contributed by atoms with E-state index in [0.29, 0.717) is 12.3 Å². The highest BCUT2D eigenvalue weighted by Gasteiger charge is 2.10. The lowest BCUT2D eigenvalue weighted by atomic mass is 10.1. The molecule has 5 nitrogen and oxygen atoms in total. The van der Waals surface area contributed by atoms with Gasteiger partial charge in [0.15, 0.2) is 0 Å². The molecule has 0 aliphatic heterocycles. The van der Waals surface area contributed by atoms with Gasteiger partial charge in [-0.25, -0.2) is 4.79 Å². The van der Waals surface area contributed by atoms with Crippen LogP contribution in [-0.2, 0) is 11.2 Å². The van der Waals surface area contributed by atoms with Crippen molar-refractivity contribution in [2.75, 3.05) is 11.9 Å². The van der Waals surface area contributed by atoms with E-state index < -0.39 is 5.97 Å². The van der Waals surface area contributed by atoms with Crippen molar-refractivity contribution in [3.05, 3.63) is 101 Å². The van der Waals surface area contributed by atoms with E-state index in [-0.39, 0.29) is 16.5 Å². The molecule has 170 valence electrons. The van der Waals surface area contributed by atoms with Crippen molar-refractivity contribution >= 4 is 35.2 Å². The Hall–Kier alpha value is -3.57. The lowest BCUT2D eigenvalue weighted by molar-refractivity contribution is -0.111. The molecule has 0 aliphatic carbocycles. The summed E-state index contributed by atoms with van der Waals surface area (Å²) in [6.07, 6.45) is 7.42. The molecule has 0 fully saturated rings. The van der Waals surface area contributed by atoms with Gasteiger partial charge in [-0.05, 0) is 73.2 Å². The molecule has 0 unspecified atom stereocenters. The highest BCUT2D eigenvalue weighted by atomic mass is 35.5. The molecule has 0 spiro atoms. The van der Waals surface area contributed by atoms with Crippen molar-refractivity contribution in [3.8, 4) is 5.75 Å². The summed E-state index contributed by atoms with van der Waals surface area (Å²) in [4.78, 5) is 23.3. The average Bonchev–Trinajstić information content (AvgIpc) is 2.82. The first-order chi connectivity index (χ1) is 16.0. The molecule has 2 N–H and O–H groups in total. The van der Waals surface area contributed by atoms with Crippen molar-refractivity contribution in [2.24, 2.45) is 0 Å². The van der Waals surface area contributed by atoms with Crippen molar-refractivity contribution in [3.63, 3.8) is 0 Å². The summed E-state index contributed by atoms with van der Waals surface area (Å²) in [5.74, 6) is -0.729. The van der Waals surface area contributed by atoms with Crippen LogP contribution in [0.25, 0.3) is 6.08 Å². The van der Waals surface area contributed by atoms with Crippen LogP contribution in [0.15, 0.2) is 78.9 Å². The van der Waals surface area contributed by atoms with E-state index in [1.54, 1.807) is 12.1 Å². The predicted octanol–water partition coefficient (Wildman–Crippen LogP) is 6.48. The SMILES string of the molecule is O=C(/C=C/c1ccc(OCCCCCc2ccccc2)cc1)Nc1ccc(Cl)c(C(=O)O)c1. The van der Waals surface area contributed by atoms with Gasteiger partial charge < -0.3 is 15.2 Å². The Morgan fingerprint density at radius 1 is 0.939 bits per heavy atom. The van der Waals surface area contributed by atoms with E-state index >= 15 is 0 Å². The Morgan fingerprint density at radius 2 is 1.70 bits per heavy atom. The molecule has 3 rings (SSSR count). The number of carbonyl (C=O) groups is 2. The van der Waals surface area contributed by atoms with Gasteiger partial charge >= 0.3 is 5.97 Å². The number of nitrogens with one attached hydrogen (secondary N) is 1. The van der Waals surface area contributed by atoms with Gasteiger partial charge in [0.2, 0.25) is 5.91 Å². The maximum atomic E-state index is 12.1. The molecule has 3 aromatic rings. The second-order valence-corrected chi connectivity index (χ2v) is 7.94. The molecule has 33 heavy (non-hydrogen) atoms. The highest BCUT2D eigenvalue weighted by Crippen LogP contribution is 2.21. The number of aryl methyl sites for hydroxylation is 1. The third-order valence-electron chi connectivity index (χ3n) is 4.99. The fourth-order valence-electron chi connectivity index (χ4n) is 3.24. The smallest absolute Gasteiger partial charge is 0.337 e. The first-order valence-electron chi connectivity index (χ1n) is 10.8. The topological polar surface area (TPSA) is 75.6 Å².